The van der Waals surface area contributed by atoms with Gasteiger partial charge in [-0.15, -0.1) is 0 Å². The van der Waals surface area contributed by atoms with Gasteiger partial charge >= 0.3 is 6.18 Å². The van der Waals surface area contributed by atoms with E-state index in [9.17, 15) is 27.2 Å². The number of nitrogens with zero attached hydrogens (tertiary/aromatic N) is 1. The van der Waals surface area contributed by atoms with Crippen molar-refractivity contribution in [2.45, 2.75) is 56.3 Å². The van der Waals surface area contributed by atoms with E-state index in [4.69, 9.17) is 0 Å². The molecular formula is C27H31F4N3O2. The number of hydrogen-bond acceptors (Lipinski definition) is 3. The fourth-order valence-electron chi connectivity index (χ4n) is 4.66. The molecule has 2 fully saturated rings. The van der Waals surface area contributed by atoms with Crippen LogP contribution in [0.15, 0.2) is 48.5 Å². The fourth-order valence-corrected chi connectivity index (χ4v) is 4.66. The van der Waals surface area contributed by atoms with Crippen molar-refractivity contribution in [2.24, 2.45) is 5.92 Å². The van der Waals surface area contributed by atoms with Gasteiger partial charge in [0, 0.05) is 30.0 Å². The molecule has 0 aliphatic heterocycles. The van der Waals surface area contributed by atoms with Crippen LogP contribution in [0.2, 0.25) is 0 Å². The third-order valence-corrected chi connectivity index (χ3v) is 7.21. The SMILES string of the molecule is CN(CC(F)(F)F)[C@H](CNC(=O)[C@@H]1C[C@]1(C)c1ccccc1)Cc1ccc(C(=O)NC2CC2)c(F)c1. The minimum absolute atomic E-state index is 0.0156. The molecule has 9 heteroatoms. The van der Waals surface area contributed by atoms with Gasteiger partial charge in [-0.2, -0.15) is 13.2 Å². The zero-order valence-corrected chi connectivity index (χ0v) is 20.4. The molecule has 0 saturated heterocycles. The highest BCUT2D eigenvalue weighted by molar-refractivity contribution is 5.94. The third kappa shape index (κ3) is 6.43. The van der Waals surface area contributed by atoms with Gasteiger partial charge in [-0.3, -0.25) is 14.5 Å². The highest BCUT2D eigenvalue weighted by Crippen LogP contribution is 2.53. The van der Waals surface area contributed by atoms with Crippen LogP contribution in [0.25, 0.3) is 0 Å². The van der Waals surface area contributed by atoms with Crippen LogP contribution in [0.1, 0.15) is 47.7 Å². The summed E-state index contributed by atoms with van der Waals surface area (Å²) in [4.78, 5) is 26.2. The summed E-state index contributed by atoms with van der Waals surface area (Å²) in [5.41, 5.74) is 1.12. The molecule has 0 unspecified atom stereocenters. The van der Waals surface area contributed by atoms with Crippen LogP contribution in [0, 0.1) is 11.7 Å². The van der Waals surface area contributed by atoms with Crippen LogP contribution in [-0.2, 0) is 16.6 Å². The predicted molar refractivity (Wildman–Crippen MR) is 128 cm³/mol. The first kappa shape index (κ1) is 26.1. The van der Waals surface area contributed by atoms with Gasteiger partial charge in [0.1, 0.15) is 5.82 Å². The Kier molecular flexibility index (Phi) is 7.41. The number of rotatable bonds is 10. The lowest BCUT2D eigenvalue weighted by molar-refractivity contribution is -0.147. The van der Waals surface area contributed by atoms with E-state index < -0.39 is 30.5 Å². The first-order chi connectivity index (χ1) is 17.0. The van der Waals surface area contributed by atoms with E-state index in [0.29, 0.717) is 12.0 Å². The van der Waals surface area contributed by atoms with E-state index in [2.05, 4.69) is 10.6 Å². The highest BCUT2D eigenvalue weighted by Gasteiger charge is 2.55. The molecule has 4 rings (SSSR count). The molecule has 3 atom stereocenters. The van der Waals surface area contributed by atoms with E-state index in [0.717, 1.165) is 23.3 Å². The summed E-state index contributed by atoms with van der Waals surface area (Å²) in [7, 11) is 1.34. The van der Waals surface area contributed by atoms with Crippen molar-refractivity contribution in [3.05, 3.63) is 71.0 Å². The number of carbonyl (C=O) groups is 2. The number of amides is 2. The van der Waals surface area contributed by atoms with Crippen LogP contribution in [0.3, 0.4) is 0 Å². The van der Waals surface area contributed by atoms with Gasteiger partial charge in [-0.25, -0.2) is 4.39 Å². The molecule has 2 amide bonds. The maximum Gasteiger partial charge on any atom is 0.401 e. The minimum atomic E-state index is -4.42. The summed E-state index contributed by atoms with van der Waals surface area (Å²) in [6, 6.07) is 13.1. The molecule has 2 N–H and O–H groups in total. The summed E-state index contributed by atoms with van der Waals surface area (Å²) >= 11 is 0. The van der Waals surface area contributed by atoms with Gasteiger partial charge < -0.3 is 10.6 Å². The Labute approximate surface area is 208 Å². The second kappa shape index (κ2) is 10.2. The molecule has 5 nitrogen and oxygen atoms in total. The molecular weight excluding hydrogens is 474 g/mol. The molecule has 0 heterocycles. The second-order valence-corrected chi connectivity index (χ2v) is 10.2. The molecule has 2 aromatic carbocycles. The van der Waals surface area contributed by atoms with Crippen LogP contribution in [0.4, 0.5) is 17.6 Å². The summed E-state index contributed by atoms with van der Waals surface area (Å²) in [5, 5.41) is 5.55. The minimum Gasteiger partial charge on any atom is -0.354 e. The molecule has 2 aliphatic rings. The van der Waals surface area contributed by atoms with Crippen molar-refractivity contribution in [1.29, 1.82) is 0 Å². The van der Waals surface area contributed by atoms with Crippen molar-refractivity contribution >= 4 is 11.8 Å². The third-order valence-electron chi connectivity index (χ3n) is 7.21. The van der Waals surface area contributed by atoms with Crippen LogP contribution >= 0.6 is 0 Å². The number of alkyl halides is 3. The van der Waals surface area contributed by atoms with Crippen LogP contribution in [0.5, 0.6) is 0 Å². The molecule has 36 heavy (non-hydrogen) atoms. The topological polar surface area (TPSA) is 61.4 Å². The molecule has 0 aromatic heterocycles. The number of hydrogen-bond donors (Lipinski definition) is 2. The van der Waals surface area contributed by atoms with Crippen molar-refractivity contribution in [3.8, 4) is 0 Å². The fraction of sp³-hybridized carbons (Fsp3) is 0.481. The standard InChI is InChI=1S/C27H31F4N3O2/c1-26(18-6-4-3-5-7-18)14-22(26)25(36)32-15-20(34(2)16-27(29,30)31)12-17-8-11-21(23(28)13-17)24(35)33-19-9-10-19/h3-8,11,13,19-20,22H,9-10,12,14-16H2,1-2H3,(H,32,36)(H,33,35)/t20-,22-,26+/m0/s1. The summed E-state index contributed by atoms with van der Waals surface area (Å²) < 4.78 is 54.0. The molecule has 2 aliphatic carbocycles. The lowest BCUT2D eigenvalue weighted by atomic mass is 9.95. The van der Waals surface area contributed by atoms with Gasteiger partial charge in [-0.1, -0.05) is 43.3 Å². The Balaban J connectivity index is 1.41. The quantitative estimate of drug-likeness (QED) is 0.476. The normalized spacial score (nSPS) is 22.2. The first-order valence-corrected chi connectivity index (χ1v) is 12.2. The summed E-state index contributed by atoms with van der Waals surface area (Å²) in [6.07, 6.45) is -1.93. The maximum atomic E-state index is 14.6. The van der Waals surface area contributed by atoms with Crippen molar-refractivity contribution in [2.75, 3.05) is 20.1 Å². The smallest absolute Gasteiger partial charge is 0.354 e. The van der Waals surface area contributed by atoms with E-state index in [-0.39, 0.29) is 41.8 Å². The Morgan fingerprint density at radius 1 is 1.14 bits per heavy atom. The van der Waals surface area contributed by atoms with E-state index in [1.54, 1.807) is 6.07 Å². The van der Waals surface area contributed by atoms with Crippen molar-refractivity contribution in [3.63, 3.8) is 0 Å². The number of halogens is 4. The molecule has 2 aromatic rings. The lowest BCUT2D eigenvalue weighted by Gasteiger charge is -2.29. The number of carbonyl (C=O) groups excluding carboxylic acids is 2. The van der Waals surface area contributed by atoms with Crippen LogP contribution in [-0.4, -0.2) is 55.1 Å². The van der Waals surface area contributed by atoms with Gasteiger partial charge in [0.05, 0.1) is 12.1 Å². The molecule has 0 radical (unpaired) electrons. The summed E-state index contributed by atoms with van der Waals surface area (Å²) in [5.74, 6) is -1.67. The zero-order chi connectivity index (χ0) is 26.1. The average molecular weight is 506 g/mol. The van der Waals surface area contributed by atoms with Gasteiger partial charge in [-0.05, 0) is 56.0 Å². The second-order valence-electron chi connectivity index (χ2n) is 10.2. The summed E-state index contributed by atoms with van der Waals surface area (Å²) in [6.45, 7) is 0.824. The number of likely N-dealkylation sites (N-methyl/N-ethyl adjacent to an activating group) is 1. The van der Waals surface area contributed by atoms with E-state index in [1.165, 1.54) is 19.2 Å². The molecule has 194 valence electrons. The van der Waals surface area contributed by atoms with Gasteiger partial charge in [0.2, 0.25) is 5.91 Å². The Morgan fingerprint density at radius 2 is 1.83 bits per heavy atom. The van der Waals surface area contributed by atoms with Crippen LogP contribution < -0.4 is 10.6 Å². The molecule has 0 bridgehead atoms. The Bertz CT molecular complexity index is 1100. The number of nitrogens with one attached hydrogen (secondary N) is 2. The highest BCUT2D eigenvalue weighted by atomic mass is 19.4. The Hall–Kier alpha value is -2.94. The molecule has 0 spiro atoms. The average Bonchev–Trinajstić information content (AvgIpc) is 3.73. The van der Waals surface area contributed by atoms with Gasteiger partial charge in [0.25, 0.3) is 5.91 Å². The van der Waals surface area contributed by atoms with Crippen molar-refractivity contribution in [1.82, 2.24) is 15.5 Å². The monoisotopic (exact) mass is 505 g/mol. The zero-order valence-electron chi connectivity index (χ0n) is 20.4. The van der Waals surface area contributed by atoms with E-state index in [1.807, 2.05) is 37.3 Å². The van der Waals surface area contributed by atoms with Crippen molar-refractivity contribution < 1.29 is 27.2 Å². The van der Waals surface area contributed by atoms with Gasteiger partial charge in [0.15, 0.2) is 0 Å². The maximum absolute atomic E-state index is 14.6. The number of benzene rings is 2. The molecule has 2 saturated carbocycles. The first-order valence-electron chi connectivity index (χ1n) is 12.2. The Morgan fingerprint density at radius 3 is 2.44 bits per heavy atom. The lowest BCUT2D eigenvalue weighted by Crippen LogP contribution is -2.47. The van der Waals surface area contributed by atoms with E-state index >= 15 is 0 Å². The largest absolute Gasteiger partial charge is 0.401 e. The predicted octanol–water partition coefficient (Wildman–Crippen LogP) is 4.22.